The standard InChI is InChI=1S/C15H13ClN3OS/c16-14-8-6-13(7-9-14)15(10-21(20)11-18-19-17)12-4-2-1-3-5-12/h1-9,11,15H,10H2/q-1/b18-11+. The van der Waals surface area contributed by atoms with Gasteiger partial charge in [0.1, 0.15) is 0 Å². The molecule has 0 aromatic heterocycles. The summed E-state index contributed by atoms with van der Waals surface area (Å²) in [5.41, 5.74) is 11.5. The van der Waals surface area contributed by atoms with Gasteiger partial charge in [0.15, 0.2) is 0 Å². The van der Waals surface area contributed by atoms with Crippen LogP contribution in [-0.4, -0.2) is 15.5 Å². The quantitative estimate of drug-likeness (QED) is 0.341. The van der Waals surface area contributed by atoms with Crippen LogP contribution >= 0.6 is 11.6 Å². The summed E-state index contributed by atoms with van der Waals surface area (Å²) in [7, 11) is -1.33. The minimum absolute atomic E-state index is 0.0468. The molecule has 0 saturated carbocycles. The zero-order valence-electron chi connectivity index (χ0n) is 11.1. The molecule has 2 aromatic rings. The molecule has 2 rings (SSSR count). The maximum Gasteiger partial charge on any atom is 0.0437 e. The molecule has 0 N–H and O–H groups in total. The van der Waals surface area contributed by atoms with Crippen LogP contribution in [0.25, 0.3) is 5.53 Å². The van der Waals surface area contributed by atoms with Crippen molar-refractivity contribution in [2.45, 2.75) is 5.92 Å². The second-order valence-electron chi connectivity index (χ2n) is 4.37. The number of halogens is 1. The highest BCUT2D eigenvalue weighted by molar-refractivity contribution is 7.98. The molecule has 0 amide bonds. The Labute approximate surface area is 130 Å². The van der Waals surface area contributed by atoms with Gasteiger partial charge in [-0.15, -0.1) is 0 Å². The molecular weight excluding hydrogens is 306 g/mol. The first-order valence-corrected chi connectivity index (χ1v) is 8.02. The van der Waals surface area contributed by atoms with Gasteiger partial charge in [-0.25, -0.2) is 0 Å². The van der Waals surface area contributed by atoms with Gasteiger partial charge in [0.25, 0.3) is 0 Å². The fourth-order valence-corrected chi connectivity index (χ4v) is 3.12. The highest BCUT2D eigenvalue weighted by Crippen LogP contribution is 2.26. The van der Waals surface area contributed by atoms with E-state index in [1.807, 2.05) is 54.6 Å². The SMILES string of the molecule is [N-]=N/N=C/S(=O)CC(c1ccccc1)c1ccc(Cl)cc1. The van der Waals surface area contributed by atoms with Crippen LogP contribution in [0.1, 0.15) is 17.0 Å². The van der Waals surface area contributed by atoms with E-state index < -0.39 is 10.8 Å². The van der Waals surface area contributed by atoms with Crippen LogP contribution in [0.3, 0.4) is 0 Å². The van der Waals surface area contributed by atoms with Crippen LogP contribution < -0.4 is 0 Å². The summed E-state index contributed by atoms with van der Waals surface area (Å²) in [5.74, 6) is 0.305. The van der Waals surface area contributed by atoms with Gasteiger partial charge in [-0.1, -0.05) is 54.1 Å². The van der Waals surface area contributed by atoms with Crippen molar-refractivity contribution in [1.82, 2.24) is 0 Å². The first-order chi connectivity index (χ1) is 10.2. The van der Waals surface area contributed by atoms with Crippen molar-refractivity contribution in [3.63, 3.8) is 0 Å². The summed E-state index contributed by atoms with van der Waals surface area (Å²) in [4.78, 5) is 0. The lowest BCUT2D eigenvalue weighted by Gasteiger charge is -2.17. The molecule has 0 saturated heterocycles. The Morgan fingerprint density at radius 3 is 2.33 bits per heavy atom. The molecule has 0 spiro atoms. The van der Waals surface area contributed by atoms with Crippen molar-refractivity contribution in [2.24, 2.45) is 10.3 Å². The van der Waals surface area contributed by atoms with Gasteiger partial charge in [-0.3, -0.25) is 9.43 Å². The van der Waals surface area contributed by atoms with Crippen LogP contribution in [0, 0.1) is 0 Å². The van der Waals surface area contributed by atoms with E-state index in [-0.39, 0.29) is 5.92 Å². The smallest absolute Gasteiger partial charge is 0.0437 e. The molecule has 4 nitrogen and oxygen atoms in total. The van der Waals surface area contributed by atoms with E-state index in [0.29, 0.717) is 10.8 Å². The number of rotatable bonds is 6. The predicted molar refractivity (Wildman–Crippen MR) is 87.0 cm³/mol. The summed E-state index contributed by atoms with van der Waals surface area (Å²) < 4.78 is 12.0. The molecule has 21 heavy (non-hydrogen) atoms. The molecule has 0 fully saturated rings. The predicted octanol–water partition coefficient (Wildman–Crippen LogP) is 4.19. The molecule has 0 bridgehead atoms. The second-order valence-corrected chi connectivity index (χ2v) is 6.11. The van der Waals surface area contributed by atoms with Crippen LogP contribution in [0.5, 0.6) is 0 Å². The molecule has 0 aliphatic heterocycles. The van der Waals surface area contributed by atoms with E-state index in [1.54, 1.807) is 0 Å². The molecule has 2 unspecified atom stereocenters. The zero-order valence-corrected chi connectivity index (χ0v) is 12.7. The van der Waals surface area contributed by atoms with Crippen LogP contribution in [-0.2, 0) is 10.8 Å². The Morgan fingerprint density at radius 1 is 1.10 bits per heavy atom. The zero-order chi connectivity index (χ0) is 15.1. The molecule has 0 heterocycles. The molecule has 6 heteroatoms. The van der Waals surface area contributed by atoms with Gasteiger partial charge in [-0.2, -0.15) is 0 Å². The van der Waals surface area contributed by atoms with Gasteiger partial charge in [0.2, 0.25) is 0 Å². The van der Waals surface area contributed by atoms with E-state index in [0.717, 1.165) is 16.7 Å². The Bertz CT molecular complexity index is 644. The minimum atomic E-state index is -1.33. The van der Waals surface area contributed by atoms with Crippen molar-refractivity contribution in [2.75, 3.05) is 5.75 Å². The average molecular weight is 319 g/mol. The summed E-state index contributed by atoms with van der Waals surface area (Å²) in [5, 5.41) is 6.52. The molecular formula is C15H13ClN3OS-. The summed E-state index contributed by atoms with van der Waals surface area (Å²) in [6.45, 7) is 0. The van der Waals surface area contributed by atoms with E-state index >= 15 is 0 Å². The van der Waals surface area contributed by atoms with E-state index in [2.05, 4.69) is 10.3 Å². The fraction of sp³-hybridized carbons (Fsp3) is 0.133. The number of hydrogen-bond acceptors (Lipinski definition) is 2. The van der Waals surface area contributed by atoms with Gasteiger partial charge in [0, 0.05) is 33.0 Å². The summed E-state index contributed by atoms with van der Waals surface area (Å²) in [6, 6.07) is 17.3. The third-order valence-corrected chi connectivity index (χ3v) is 4.26. The average Bonchev–Trinajstić information content (AvgIpc) is 2.52. The lowest BCUT2D eigenvalue weighted by molar-refractivity contribution is 0.687. The first kappa shape index (κ1) is 15.5. The summed E-state index contributed by atoms with van der Waals surface area (Å²) >= 11 is 5.92. The van der Waals surface area contributed by atoms with Gasteiger partial charge in [0.05, 0.1) is 0 Å². The van der Waals surface area contributed by atoms with Crippen molar-refractivity contribution in [1.29, 1.82) is 0 Å². The second kappa shape index (κ2) is 7.81. The molecule has 0 aliphatic rings. The van der Waals surface area contributed by atoms with E-state index in [4.69, 9.17) is 17.1 Å². The number of benzene rings is 2. The van der Waals surface area contributed by atoms with Crippen molar-refractivity contribution in [3.05, 3.63) is 76.3 Å². The topological polar surface area (TPSA) is 64.1 Å². The number of hydrogen-bond donors (Lipinski definition) is 0. The van der Waals surface area contributed by atoms with E-state index in [9.17, 15) is 4.21 Å². The van der Waals surface area contributed by atoms with Crippen LogP contribution in [0.4, 0.5) is 0 Å². The maximum atomic E-state index is 12.0. The van der Waals surface area contributed by atoms with Gasteiger partial charge < -0.3 is 10.6 Å². The fourth-order valence-electron chi connectivity index (χ4n) is 2.05. The lowest BCUT2D eigenvalue weighted by Crippen LogP contribution is -2.11. The molecule has 2 atom stereocenters. The molecule has 0 radical (unpaired) electrons. The van der Waals surface area contributed by atoms with Crippen LogP contribution in [0.2, 0.25) is 5.02 Å². The normalized spacial score (nSPS) is 14.0. The Kier molecular flexibility index (Phi) is 5.78. The summed E-state index contributed by atoms with van der Waals surface area (Å²) in [6.07, 6.45) is 0. The molecule has 0 aliphatic carbocycles. The van der Waals surface area contributed by atoms with E-state index in [1.165, 1.54) is 0 Å². The Hall–Kier alpha value is -1.85. The Morgan fingerprint density at radius 2 is 1.71 bits per heavy atom. The first-order valence-electron chi connectivity index (χ1n) is 6.26. The van der Waals surface area contributed by atoms with Gasteiger partial charge in [-0.05, 0) is 23.3 Å². The maximum absolute atomic E-state index is 12.0. The van der Waals surface area contributed by atoms with Crippen LogP contribution in [0.15, 0.2) is 64.9 Å². The minimum Gasteiger partial charge on any atom is -0.362 e. The molecule has 2 aromatic carbocycles. The highest BCUT2D eigenvalue weighted by atomic mass is 35.5. The molecule has 108 valence electrons. The number of nitrogens with zero attached hydrogens (tertiary/aromatic N) is 3. The Balaban J connectivity index is 2.31. The highest BCUT2D eigenvalue weighted by Gasteiger charge is 2.16. The third-order valence-electron chi connectivity index (χ3n) is 3.02. The van der Waals surface area contributed by atoms with Crippen molar-refractivity contribution >= 4 is 27.9 Å². The van der Waals surface area contributed by atoms with Crippen molar-refractivity contribution in [3.8, 4) is 0 Å². The monoisotopic (exact) mass is 318 g/mol. The van der Waals surface area contributed by atoms with Gasteiger partial charge >= 0.3 is 0 Å². The largest absolute Gasteiger partial charge is 0.362 e. The van der Waals surface area contributed by atoms with Crippen molar-refractivity contribution < 1.29 is 4.21 Å². The third kappa shape index (κ3) is 4.58. The lowest BCUT2D eigenvalue weighted by atomic mass is 9.93.